The van der Waals surface area contributed by atoms with Gasteiger partial charge >= 0.3 is 0 Å². The van der Waals surface area contributed by atoms with E-state index in [2.05, 4.69) is 25.5 Å². The Kier molecular flexibility index (Phi) is 7.06. The van der Waals surface area contributed by atoms with E-state index in [0.29, 0.717) is 18.8 Å². The number of hydrogen-bond acceptors (Lipinski definition) is 6. The van der Waals surface area contributed by atoms with Crippen LogP contribution in [0, 0.1) is 13.8 Å². The summed E-state index contributed by atoms with van der Waals surface area (Å²) in [5.41, 5.74) is 1.16. The zero-order valence-electron chi connectivity index (χ0n) is 16.7. The Balaban J connectivity index is 1.40. The number of amides is 1. The van der Waals surface area contributed by atoms with Gasteiger partial charge in [-0.05, 0) is 45.2 Å². The number of ether oxygens (including phenoxy) is 1. The summed E-state index contributed by atoms with van der Waals surface area (Å²) >= 11 is 0. The van der Waals surface area contributed by atoms with Gasteiger partial charge in [0.05, 0.1) is 0 Å². The smallest absolute Gasteiger partial charge is 0.258 e. The number of aryl methyl sites for hydroxylation is 2. The summed E-state index contributed by atoms with van der Waals surface area (Å²) in [5, 5.41) is 6.11. The molecule has 1 amide bonds. The summed E-state index contributed by atoms with van der Waals surface area (Å²) in [5.74, 6) is 3.07. The van der Waals surface area contributed by atoms with E-state index in [1.807, 2.05) is 44.2 Å². The first kappa shape index (κ1) is 19.9. The van der Waals surface area contributed by atoms with E-state index < -0.39 is 0 Å². The maximum absolute atomic E-state index is 11.9. The Morgan fingerprint density at radius 1 is 1.07 bits per heavy atom. The second-order valence-electron chi connectivity index (χ2n) is 7.08. The molecule has 1 aliphatic heterocycles. The molecule has 0 radical (unpaired) electrons. The Hall–Kier alpha value is -2.83. The molecule has 1 fully saturated rings. The van der Waals surface area contributed by atoms with Crippen LogP contribution < -0.4 is 20.3 Å². The summed E-state index contributed by atoms with van der Waals surface area (Å²) in [6.07, 6.45) is 3.71. The first-order chi connectivity index (χ1) is 13.6. The highest BCUT2D eigenvalue weighted by atomic mass is 16.5. The van der Waals surface area contributed by atoms with Gasteiger partial charge in [-0.25, -0.2) is 9.97 Å². The topological polar surface area (TPSA) is 79.4 Å². The van der Waals surface area contributed by atoms with Crippen molar-refractivity contribution in [2.24, 2.45) is 0 Å². The lowest BCUT2D eigenvalue weighted by Crippen LogP contribution is -2.33. The molecule has 3 rings (SSSR count). The molecule has 150 valence electrons. The van der Waals surface area contributed by atoms with E-state index in [1.54, 1.807) is 0 Å². The fourth-order valence-electron chi connectivity index (χ4n) is 3.15. The molecule has 0 unspecified atom stereocenters. The first-order valence-corrected chi connectivity index (χ1v) is 9.91. The molecule has 0 spiro atoms. The van der Waals surface area contributed by atoms with Crippen molar-refractivity contribution < 1.29 is 9.53 Å². The minimum atomic E-state index is -0.143. The number of carbonyl (C=O) groups is 1. The maximum Gasteiger partial charge on any atom is 0.258 e. The number of hydrogen-bond donors (Lipinski definition) is 2. The molecule has 2 N–H and O–H groups in total. The number of rotatable bonds is 8. The number of nitrogens with zero attached hydrogens (tertiary/aromatic N) is 3. The van der Waals surface area contributed by atoms with E-state index in [4.69, 9.17) is 4.74 Å². The number of benzene rings is 1. The third kappa shape index (κ3) is 6.11. The summed E-state index contributed by atoms with van der Waals surface area (Å²) < 4.78 is 5.48. The van der Waals surface area contributed by atoms with Crippen LogP contribution in [-0.2, 0) is 4.79 Å². The van der Waals surface area contributed by atoms with E-state index >= 15 is 0 Å². The summed E-state index contributed by atoms with van der Waals surface area (Å²) in [4.78, 5) is 23.2. The lowest BCUT2D eigenvalue weighted by atomic mass is 10.1. The first-order valence-electron chi connectivity index (χ1n) is 9.91. The summed E-state index contributed by atoms with van der Waals surface area (Å²) in [6.45, 7) is 7.11. The zero-order chi connectivity index (χ0) is 19.8. The van der Waals surface area contributed by atoms with Crippen molar-refractivity contribution >= 4 is 17.5 Å². The van der Waals surface area contributed by atoms with Gasteiger partial charge in [0, 0.05) is 32.2 Å². The molecule has 1 saturated heterocycles. The summed E-state index contributed by atoms with van der Waals surface area (Å²) in [7, 11) is 0. The van der Waals surface area contributed by atoms with Crippen molar-refractivity contribution in [2.75, 3.05) is 43.0 Å². The summed E-state index contributed by atoms with van der Waals surface area (Å²) in [6, 6.07) is 9.63. The van der Waals surface area contributed by atoms with E-state index in [1.165, 1.54) is 19.3 Å². The molecule has 1 aromatic carbocycles. The van der Waals surface area contributed by atoms with Crippen molar-refractivity contribution in [1.82, 2.24) is 15.3 Å². The van der Waals surface area contributed by atoms with Crippen LogP contribution in [0.15, 0.2) is 30.3 Å². The predicted octanol–water partition coefficient (Wildman–Crippen LogP) is 2.69. The molecule has 2 aromatic rings. The third-order valence-electron chi connectivity index (χ3n) is 4.65. The lowest BCUT2D eigenvalue weighted by molar-refractivity contribution is -0.123. The Labute approximate surface area is 166 Å². The molecule has 0 aliphatic carbocycles. The van der Waals surface area contributed by atoms with Gasteiger partial charge in [-0.1, -0.05) is 17.7 Å². The van der Waals surface area contributed by atoms with Crippen LogP contribution in [0.2, 0.25) is 0 Å². The van der Waals surface area contributed by atoms with Gasteiger partial charge in [-0.3, -0.25) is 4.79 Å². The van der Waals surface area contributed by atoms with Gasteiger partial charge in [-0.2, -0.15) is 0 Å². The number of carbonyl (C=O) groups excluding carboxylic acids is 1. The van der Waals surface area contributed by atoms with Crippen LogP contribution in [0.1, 0.15) is 30.7 Å². The molecular formula is C21H29N5O2. The highest BCUT2D eigenvalue weighted by molar-refractivity contribution is 5.77. The molecule has 0 bridgehead atoms. The fourth-order valence-corrected chi connectivity index (χ4v) is 3.15. The molecule has 7 heteroatoms. The molecular weight excluding hydrogens is 354 g/mol. The standard InChI is InChI=1S/C21H29N5O2/c1-16-6-8-18(9-7-16)28-15-21(27)23-11-10-22-19-14-20(25-17(2)24-19)26-12-4-3-5-13-26/h6-9,14H,3-5,10-13,15H2,1-2H3,(H,23,27)(H,22,24,25). The van der Waals surface area contributed by atoms with E-state index in [9.17, 15) is 4.79 Å². The number of aromatic nitrogens is 2. The van der Waals surface area contributed by atoms with Gasteiger partial charge in [0.2, 0.25) is 0 Å². The maximum atomic E-state index is 11.9. The minimum Gasteiger partial charge on any atom is -0.484 e. The average Bonchev–Trinajstić information content (AvgIpc) is 2.71. The number of nitrogens with one attached hydrogen (secondary N) is 2. The van der Waals surface area contributed by atoms with Crippen LogP contribution in [-0.4, -0.2) is 48.7 Å². The van der Waals surface area contributed by atoms with Crippen molar-refractivity contribution in [3.63, 3.8) is 0 Å². The third-order valence-corrected chi connectivity index (χ3v) is 4.65. The fraction of sp³-hybridized carbons (Fsp3) is 0.476. The van der Waals surface area contributed by atoms with Crippen LogP contribution in [0.3, 0.4) is 0 Å². The Bertz CT molecular complexity index is 773. The van der Waals surface area contributed by atoms with Crippen LogP contribution >= 0.6 is 0 Å². The van der Waals surface area contributed by atoms with Crippen LogP contribution in [0.25, 0.3) is 0 Å². The Morgan fingerprint density at radius 2 is 1.82 bits per heavy atom. The molecule has 2 heterocycles. The molecule has 0 atom stereocenters. The van der Waals surface area contributed by atoms with Crippen molar-refractivity contribution in [3.05, 3.63) is 41.7 Å². The van der Waals surface area contributed by atoms with Crippen LogP contribution in [0.4, 0.5) is 11.6 Å². The van der Waals surface area contributed by atoms with Crippen molar-refractivity contribution in [2.45, 2.75) is 33.1 Å². The van der Waals surface area contributed by atoms with Gasteiger partial charge in [0.1, 0.15) is 23.2 Å². The minimum absolute atomic E-state index is 0.00871. The van der Waals surface area contributed by atoms with Crippen molar-refractivity contribution in [1.29, 1.82) is 0 Å². The van der Waals surface area contributed by atoms with E-state index in [0.717, 1.165) is 36.1 Å². The molecule has 0 saturated carbocycles. The largest absolute Gasteiger partial charge is 0.484 e. The number of piperidine rings is 1. The predicted molar refractivity (Wildman–Crippen MR) is 111 cm³/mol. The molecule has 28 heavy (non-hydrogen) atoms. The monoisotopic (exact) mass is 383 g/mol. The molecule has 1 aromatic heterocycles. The van der Waals surface area contributed by atoms with Gasteiger partial charge in [0.15, 0.2) is 6.61 Å². The quantitative estimate of drug-likeness (QED) is 0.683. The second-order valence-corrected chi connectivity index (χ2v) is 7.08. The highest BCUT2D eigenvalue weighted by Gasteiger charge is 2.13. The van der Waals surface area contributed by atoms with Crippen molar-refractivity contribution in [3.8, 4) is 5.75 Å². The van der Waals surface area contributed by atoms with Gasteiger partial charge < -0.3 is 20.3 Å². The molecule has 7 nitrogen and oxygen atoms in total. The molecule has 1 aliphatic rings. The number of anilines is 2. The average molecular weight is 383 g/mol. The SMILES string of the molecule is Cc1ccc(OCC(=O)NCCNc2cc(N3CCCCC3)nc(C)n2)cc1. The van der Waals surface area contributed by atoms with Gasteiger partial charge in [-0.15, -0.1) is 0 Å². The van der Waals surface area contributed by atoms with E-state index in [-0.39, 0.29) is 12.5 Å². The lowest BCUT2D eigenvalue weighted by Gasteiger charge is -2.28. The Morgan fingerprint density at radius 3 is 2.57 bits per heavy atom. The zero-order valence-corrected chi connectivity index (χ0v) is 16.7. The highest BCUT2D eigenvalue weighted by Crippen LogP contribution is 2.20. The second kappa shape index (κ2) is 9.92. The van der Waals surface area contributed by atoms with Crippen LogP contribution in [0.5, 0.6) is 5.75 Å². The normalized spacial score (nSPS) is 13.9. The van der Waals surface area contributed by atoms with Gasteiger partial charge in [0.25, 0.3) is 5.91 Å².